The molecular weight excluding hydrogens is 364 g/mol. The van der Waals surface area contributed by atoms with Crippen molar-refractivity contribution in [3.8, 4) is 6.07 Å². The van der Waals surface area contributed by atoms with Crippen molar-refractivity contribution in [2.45, 2.75) is 18.8 Å². The van der Waals surface area contributed by atoms with E-state index in [1.54, 1.807) is 12.1 Å². The first-order valence-electron chi connectivity index (χ1n) is 8.92. The van der Waals surface area contributed by atoms with E-state index in [1.807, 2.05) is 11.0 Å². The number of amides is 2. The van der Waals surface area contributed by atoms with Crippen LogP contribution in [-0.2, 0) is 9.59 Å². The number of aromatic amines is 1. The zero-order valence-electron chi connectivity index (χ0n) is 14.8. The van der Waals surface area contributed by atoms with Crippen LogP contribution >= 0.6 is 0 Å². The van der Waals surface area contributed by atoms with Crippen LogP contribution in [0.4, 0.5) is 11.8 Å². The van der Waals surface area contributed by atoms with Crippen molar-refractivity contribution in [3.63, 3.8) is 0 Å². The zero-order valence-corrected chi connectivity index (χ0v) is 14.8. The van der Waals surface area contributed by atoms with Gasteiger partial charge in [0.25, 0.3) is 5.56 Å². The molecule has 0 aromatic carbocycles. The summed E-state index contributed by atoms with van der Waals surface area (Å²) in [6, 6.07) is 5.20. The number of hydrogen-bond donors (Lipinski definition) is 3. The highest BCUT2D eigenvalue weighted by atomic mass is 16.3. The maximum atomic E-state index is 12.9. The van der Waals surface area contributed by atoms with E-state index >= 15 is 0 Å². The molecule has 0 saturated carbocycles. The molecule has 0 radical (unpaired) electrons. The molecule has 144 valence electrons. The average molecular weight is 382 g/mol. The van der Waals surface area contributed by atoms with Gasteiger partial charge in [-0.2, -0.15) is 10.2 Å². The van der Waals surface area contributed by atoms with Gasteiger partial charge in [-0.05, 0) is 25.0 Å². The fraction of sp³-hybridized carbons (Fsp3) is 0.389. The Kier molecular flexibility index (Phi) is 4.35. The van der Waals surface area contributed by atoms with Gasteiger partial charge in [0.15, 0.2) is 0 Å². The van der Waals surface area contributed by atoms with Gasteiger partial charge in [0, 0.05) is 19.0 Å². The summed E-state index contributed by atoms with van der Waals surface area (Å²) < 4.78 is 5.38. The molecule has 4 N–H and O–H groups in total. The molecule has 0 bridgehead atoms. The summed E-state index contributed by atoms with van der Waals surface area (Å²) in [6.45, 7) is 1.01. The Morgan fingerprint density at radius 3 is 2.71 bits per heavy atom. The third kappa shape index (κ3) is 2.90. The van der Waals surface area contributed by atoms with Crippen LogP contribution < -0.4 is 21.5 Å². The number of fused-ring (bicyclic) bond motifs is 1. The normalized spacial score (nSPS) is 22.2. The van der Waals surface area contributed by atoms with Crippen LogP contribution in [0, 0.1) is 23.2 Å². The number of primary amides is 1. The van der Waals surface area contributed by atoms with Gasteiger partial charge in [-0.1, -0.05) is 0 Å². The summed E-state index contributed by atoms with van der Waals surface area (Å²) in [6.07, 6.45) is 2.55. The van der Waals surface area contributed by atoms with E-state index in [-0.39, 0.29) is 23.2 Å². The maximum absolute atomic E-state index is 12.9. The van der Waals surface area contributed by atoms with Gasteiger partial charge in [0.1, 0.15) is 17.5 Å². The van der Waals surface area contributed by atoms with E-state index in [0.717, 1.165) is 0 Å². The molecule has 2 unspecified atom stereocenters. The minimum absolute atomic E-state index is 0.119. The largest absolute Gasteiger partial charge is 0.469 e. The molecule has 4 rings (SSSR count). The summed E-state index contributed by atoms with van der Waals surface area (Å²) in [7, 11) is 0. The number of H-pyrrole nitrogens is 1. The third-order valence-electron chi connectivity index (χ3n) is 5.30. The number of carbonyl (C=O) groups excluding carboxylic acids is 2. The zero-order chi connectivity index (χ0) is 19.8. The molecule has 2 aromatic heterocycles. The topological polar surface area (TPSA) is 158 Å². The van der Waals surface area contributed by atoms with E-state index in [9.17, 15) is 19.6 Å². The van der Waals surface area contributed by atoms with Crippen LogP contribution in [0.1, 0.15) is 30.1 Å². The number of nitriles is 1. The monoisotopic (exact) mass is 382 g/mol. The third-order valence-corrected chi connectivity index (χ3v) is 5.30. The molecular formula is C18H18N6O4. The highest BCUT2D eigenvalue weighted by Gasteiger charge is 2.42. The molecule has 10 nitrogen and oxygen atoms in total. The van der Waals surface area contributed by atoms with Gasteiger partial charge in [-0.15, -0.1) is 0 Å². The molecule has 2 aromatic rings. The predicted molar refractivity (Wildman–Crippen MR) is 97.3 cm³/mol. The van der Waals surface area contributed by atoms with Crippen LogP contribution in [0.5, 0.6) is 0 Å². The number of nitrogens with two attached hydrogens (primary N) is 1. The summed E-state index contributed by atoms with van der Waals surface area (Å²) in [4.78, 5) is 45.6. The predicted octanol–water partition coefficient (Wildman–Crippen LogP) is 0.288. The first-order chi connectivity index (χ1) is 13.5. The van der Waals surface area contributed by atoms with Crippen molar-refractivity contribution in [1.29, 1.82) is 5.26 Å². The van der Waals surface area contributed by atoms with Crippen LogP contribution in [-0.4, -0.2) is 34.9 Å². The lowest BCUT2D eigenvalue weighted by Gasteiger charge is -2.32. The minimum Gasteiger partial charge on any atom is -0.469 e. The average Bonchev–Trinajstić information content (AvgIpc) is 3.21. The van der Waals surface area contributed by atoms with E-state index in [4.69, 9.17) is 10.2 Å². The maximum Gasteiger partial charge on any atom is 0.258 e. The Labute approximate surface area is 159 Å². The van der Waals surface area contributed by atoms with Gasteiger partial charge in [0.2, 0.25) is 17.8 Å². The van der Waals surface area contributed by atoms with Gasteiger partial charge in [0.05, 0.1) is 23.8 Å². The number of piperidine rings is 1. The van der Waals surface area contributed by atoms with Gasteiger partial charge in [-0.3, -0.25) is 19.4 Å². The second kappa shape index (κ2) is 6.84. The van der Waals surface area contributed by atoms with E-state index in [0.29, 0.717) is 37.6 Å². The standard InChI is InChI=1S/C18H18N6O4/c19-8-10-12(11-2-1-7-28-11)13-15(21-16(10)26)22-18(23-17(13)27)24-5-3-9(4-6-24)14(20)25/h1-2,7,9-10,12H,3-6H2,(H2,20,25)(H2,21,22,23,26,27). The Morgan fingerprint density at radius 1 is 1.36 bits per heavy atom. The minimum atomic E-state index is -1.10. The van der Waals surface area contributed by atoms with E-state index in [2.05, 4.69) is 15.3 Å². The van der Waals surface area contributed by atoms with E-state index < -0.39 is 23.3 Å². The SMILES string of the molecule is N#CC1C(=O)Nc2nc(N3CCC(C(N)=O)CC3)[nH]c(=O)c2C1c1ccco1. The molecule has 0 aliphatic carbocycles. The Bertz CT molecular complexity index is 1010. The van der Waals surface area contributed by atoms with E-state index in [1.165, 1.54) is 6.26 Å². The highest BCUT2D eigenvalue weighted by Crippen LogP contribution is 2.38. The molecule has 2 amide bonds. The van der Waals surface area contributed by atoms with Gasteiger partial charge >= 0.3 is 0 Å². The number of anilines is 2. The molecule has 2 aliphatic rings. The smallest absolute Gasteiger partial charge is 0.258 e. The first kappa shape index (κ1) is 17.8. The molecule has 2 atom stereocenters. The molecule has 10 heteroatoms. The lowest BCUT2D eigenvalue weighted by atomic mass is 9.82. The lowest BCUT2D eigenvalue weighted by molar-refractivity contribution is -0.122. The van der Waals surface area contributed by atoms with Crippen LogP contribution in [0.3, 0.4) is 0 Å². The Balaban J connectivity index is 1.72. The Hall–Kier alpha value is -3.61. The van der Waals surface area contributed by atoms with Crippen LogP contribution in [0.15, 0.2) is 27.6 Å². The van der Waals surface area contributed by atoms with Crippen molar-refractivity contribution in [3.05, 3.63) is 40.1 Å². The van der Waals surface area contributed by atoms with Crippen molar-refractivity contribution in [2.75, 3.05) is 23.3 Å². The summed E-state index contributed by atoms with van der Waals surface area (Å²) in [5.41, 5.74) is 5.10. The quantitative estimate of drug-likeness (QED) is 0.688. The Morgan fingerprint density at radius 2 is 2.11 bits per heavy atom. The lowest BCUT2D eigenvalue weighted by Crippen LogP contribution is -2.42. The number of aromatic nitrogens is 2. The second-order valence-electron chi connectivity index (χ2n) is 6.90. The summed E-state index contributed by atoms with van der Waals surface area (Å²) in [5.74, 6) is -2.22. The van der Waals surface area contributed by atoms with Crippen molar-refractivity contribution in [1.82, 2.24) is 9.97 Å². The van der Waals surface area contributed by atoms with Crippen molar-refractivity contribution < 1.29 is 14.0 Å². The van der Waals surface area contributed by atoms with Crippen LogP contribution in [0.25, 0.3) is 0 Å². The first-order valence-corrected chi connectivity index (χ1v) is 8.92. The fourth-order valence-electron chi connectivity index (χ4n) is 3.80. The fourth-order valence-corrected chi connectivity index (χ4v) is 3.80. The molecule has 1 saturated heterocycles. The number of furan rings is 1. The second-order valence-corrected chi connectivity index (χ2v) is 6.90. The number of hydrogen-bond acceptors (Lipinski definition) is 7. The van der Waals surface area contributed by atoms with Crippen LogP contribution in [0.2, 0.25) is 0 Å². The van der Waals surface area contributed by atoms with Gasteiger partial charge in [-0.25, -0.2) is 0 Å². The summed E-state index contributed by atoms with van der Waals surface area (Å²) >= 11 is 0. The molecule has 2 aliphatic heterocycles. The number of carbonyl (C=O) groups is 2. The number of nitrogens with one attached hydrogen (secondary N) is 2. The molecule has 0 spiro atoms. The van der Waals surface area contributed by atoms with Crippen molar-refractivity contribution in [2.24, 2.45) is 17.6 Å². The van der Waals surface area contributed by atoms with Crippen molar-refractivity contribution >= 4 is 23.6 Å². The highest BCUT2D eigenvalue weighted by molar-refractivity contribution is 5.97. The number of nitrogens with zero attached hydrogens (tertiary/aromatic N) is 3. The molecule has 4 heterocycles. The molecule has 28 heavy (non-hydrogen) atoms. The summed E-state index contributed by atoms with van der Waals surface area (Å²) in [5, 5.41) is 12.0. The molecule has 1 fully saturated rings. The van der Waals surface area contributed by atoms with Gasteiger partial charge < -0.3 is 20.4 Å². The number of rotatable bonds is 3.